The number of carbonyl (C=O) groups excluding carboxylic acids is 1. The molecule has 1 amide bonds. The Bertz CT molecular complexity index is 377. The van der Waals surface area contributed by atoms with E-state index in [2.05, 4.69) is 21.8 Å². The van der Waals surface area contributed by atoms with E-state index in [1.807, 2.05) is 18.3 Å². The van der Waals surface area contributed by atoms with Crippen LogP contribution in [0.15, 0.2) is 11.4 Å². The van der Waals surface area contributed by atoms with Gasteiger partial charge < -0.3 is 0 Å². The minimum Gasteiger partial charge on any atom is -0.293 e. The Kier molecular flexibility index (Phi) is 3.58. The highest BCUT2D eigenvalue weighted by molar-refractivity contribution is 7.10. The molecule has 0 aromatic carbocycles. The lowest BCUT2D eigenvalue weighted by atomic mass is 10.1. The van der Waals surface area contributed by atoms with Crippen molar-refractivity contribution in [1.29, 1.82) is 0 Å². The lowest BCUT2D eigenvalue weighted by Gasteiger charge is -2.32. The minimum absolute atomic E-state index is 0.0822. The van der Waals surface area contributed by atoms with Gasteiger partial charge in [-0.1, -0.05) is 6.92 Å². The number of hydrogen-bond acceptors (Lipinski definition) is 4. The average molecular weight is 239 g/mol. The zero-order valence-corrected chi connectivity index (χ0v) is 10.2. The standard InChI is InChI=1S/C11H17N3OS/c1-2-9(11(15)13-12)14-5-3-10-8(7-14)4-6-16-10/h4,6,9H,2-3,5,7,12H2,1H3,(H,13,15). The number of nitrogens with one attached hydrogen (secondary N) is 1. The second kappa shape index (κ2) is 4.95. The Morgan fingerprint density at radius 2 is 2.56 bits per heavy atom. The largest absolute Gasteiger partial charge is 0.293 e. The first kappa shape index (κ1) is 11.6. The summed E-state index contributed by atoms with van der Waals surface area (Å²) in [7, 11) is 0. The molecule has 1 aliphatic rings. The molecule has 1 aromatic rings. The van der Waals surface area contributed by atoms with Crippen LogP contribution in [0.2, 0.25) is 0 Å². The third-order valence-corrected chi connectivity index (χ3v) is 4.13. The number of amides is 1. The van der Waals surface area contributed by atoms with Crippen LogP contribution in [0, 0.1) is 0 Å². The highest BCUT2D eigenvalue weighted by Gasteiger charge is 2.27. The molecule has 5 heteroatoms. The maximum Gasteiger partial charge on any atom is 0.251 e. The summed E-state index contributed by atoms with van der Waals surface area (Å²) in [5, 5.41) is 2.12. The van der Waals surface area contributed by atoms with Crippen molar-refractivity contribution in [3.8, 4) is 0 Å². The van der Waals surface area contributed by atoms with Crippen LogP contribution in [0.1, 0.15) is 23.8 Å². The van der Waals surface area contributed by atoms with E-state index in [1.165, 1.54) is 10.4 Å². The molecule has 0 saturated carbocycles. The van der Waals surface area contributed by atoms with Crippen molar-refractivity contribution in [2.24, 2.45) is 5.84 Å². The maximum atomic E-state index is 11.6. The zero-order valence-electron chi connectivity index (χ0n) is 9.40. The lowest BCUT2D eigenvalue weighted by Crippen LogP contribution is -2.50. The number of carbonyl (C=O) groups is 1. The summed E-state index contributed by atoms with van der Waals surface area (Å²) in [5.74, 6) is 5.12. The van der Waals surface area contributed by atoms with E-state index < -0.39 is 0 Å². The number of hydrogen-bond donors (Lipinski definition) is 2. The predicted octanol–water partition coefficient (Wildman–Crippen LogP) is 0.875. The van der Waals surface area contributed by atoms with E-state index in [1.54, 1.807) is 0 Å². The van der Waals surface area contributed by atoms with Crippen LogP contribution in [0.4, 0.5) is 0 Å². The van der Waals surface area contributed by atoms with Crippen LogP contribution in [0.25, 0.3) is 0 Å². The van der Waals surface area contributed by atoms with Crippen LogP contribution in [-0.4, -0.2) is 23.4 Å². The molecule has 0 spiro atoms. The number of hydrazine groups is 1. The van der Waals surface area contributed by atoms with Crippen LogP contribution >= 0.6 is 11.3 Å². The van der Waals surface area contributed by atoms with Gasteiger partial charge in [0, 0.05) is 18.0 Å². The minimum atomic E-state index is -0.0990. The first-order valence-corrected chi connectivity index (χ1v) is 6.44. The molecule has 1 aromatic heterocycles. The third kappa shape index (κ3) is 2.11. The summed E-state index contributed by atoms with van der Waals surface area (Å²) < 4.78 is 0. The van der Waals surface area contributed by atoms with Crippen molar-refractivity contribution in [3.63, 3.8) is 0 Å². The summed E-state index contributed by atoms with van der Waals surface area (Å²) in [6, 6.07) is 2.05. The van der Waals surface area contributed by atoms with Gasteiger partial charge >= 0.3 is 0 Å². The molecule has 0 bridgehead atoms. The van der Waals surface area contributed by atoms with E-state index >= 15 is 0 Å². The van der Waals surface area contributed by atoms with Gasteiger partial charge in [-0.15, -0.1) is 11.3 Å². The van der Waals surface area contributed by atoms with Gasteiger partial charge in [0.05, 0.1) is 6.04 Å². The fraction of sp³-hybridized carbons (Fsp3) is 0.545. The molecule has 2 rings (SSSR count). The molecular weight excluding hydrogens is 222 g/mol. The SMILES string of the molecule is CCC(C(=O)NN)N1CCc2sccc2C1. The molecule has 0 saturated heterocycles. The fourth-order valence-electron chi connectivity index (χ4n) is 2.24. The number of thiophene rings is 1. The van der Waals surface area contributed by atoms with Crippen LogP contribution in [0.3, 0.4) is 0 Å². The second-order valence-corrected chi connectivity index (χ2v) is 5.02. The normalized spacial score (nSPS) is 17.9. The lowest BCUT2D eigenvalue weighted by molar-refractivity contribution is -0.127. The Labute approximate surface area is 99.4 Å². The zero-order chi connectivity index (χ0) is 11.5. The predicted molar refractivity (Wildman–Crippen MR) is 64.8 cm³/mol. The summed E-state index contributed by atoms with van der Waals surface area (Å²) in [4.78, 5) is 15.3. The van der Waals surface area contributed by atoms with Crippen LogP contribution < -0.4 is 11.3 Å². The van der Waals surface area contributed by atoms with Crippen molar-refractivity contribution < 1.29 is 4.79 Å². The smallest absolute Gasteiger partial charge is 0.251 e. The molecule has 0 aliphatic carbocycles. The highest BCUT2D eigenvalue weighted by Crippen LogP contribution is 2.25. The summed E-state index contributed by atoms with van der Waals surface area (Å²) in [6.45, 7) is 3.83. The Balaban J connectivity index is 2.09. The quantitative estimate of drug-likeness (QED) is 0.467. The van der Waals surface area contributed by atoms with Crippen molar-refractivity contribution in [3.05, 3.63) is 21.9 Å². The third-order valence-electron chi connectivity index (χ3n) is 3.11. The number of rotatable bonds is 3. The van der Waals surface area contributed by atoms with Gasteiger partial charge in [-0.3, -0.25) is 15.1 Å². The van der Waals surface area contributed by atoms with E-state index in [4.69, 9.17) is 5.84 Å². The number of nitrogens with zero attached hydrogens (tertiary/aromatic N) is 1. The molecule has 1 aliphatic heterocycles. The van der Waals surface area contributed by atoms with Gasteiger partial charge in [-0.2, -0.15) is 0 Å². The van der Waals surface area contributed by atoms with Gasteiger partial charge in [0.25, 0.3) is 5.91 Å². The van der Waals surface area contributed by atoms with Gasteiger partial charge in [0.2, 0.25) is 0 Å². The molecule has 0 fully saturated rings. The number of fused-ring (bicyclic) bond motifs is 1. The molecular formula is C11H17N3OS. The molecule has 0 radical (unpaired) electrons. The summed E-state index contributed by atoms with van der Waals surface area (Å²) in [5.41, 5.74) is 3.61. The van der Waals surface area contributed by atoms with Crippen molar-refractivity contribution >= 4 is 17.2 Å². The topological polar surface area (TPSA) is 58.4 Å². The molecule has 88 valence electrons. The first-order valence-electron chi connectivity index (χ1n) is 5.56. The maximum absolute atomic E-state index is 11.6. The Hall–Kier alpha value is -0.910. The van der Waals surface area contributed by atoms with Crippen molar-refractivity contribution in [1.82, 2.24) is 10.3 Å². The van der Waals surface area contributed by atoms with Gasteiger partial charge in [-0.05, 0) is 29.9 Å². The molecule has 4 nitrogen and oxygen atoms in total. The van der Waals surface area contributed by atoms with Crippen molar-refractivity contribution in [2.45, 2.75) is 32.4 Å². The number of nitrogens with two attached hydrogens (primary N) is 1. The molecule has 2 heterocycles. The molecule has 1 unspecified atom stereocenters. The van der Waals surface area contributed by atoms with Gasteiger partial charge in [-0.25, -0.2) is 5.84 Å². The summed E-state index contributed by atoms with van der Waals surface area (Å²) >= 11 is 1.81. The van der Waals surface area contributed by atoms with Crippen molar-refractivity contribution in [2.75, 3.05) is 6.54 Å². The Morgan fingerprint density at radius 1 is 1.75 bits per heavy atom. The second-order valence-electron chi connectivity index (χ2n) is 4.02. The molecule has 16 heavy (non-hydrogen) atoms. The van der Waals surface area contributed by atoms with E-state index in [0.717, 1.165) is 25.9 Å². The average Bonchev–Trinajstić information content (AvgIpc) is 2.77. The highest BCUT2D eigenvalue weighted by atomic mass is 32.1. The Morgan fingerprint density at radius 3 is 3.25 bits per heavy atom. The fourth-order valence-corrected chi connectivity index (χ4v) is 3.13. The summed E-state index contributed by atoms with van der Waals surface area (Å²) in [6.07, 6.45) is 1.84. The first-order chi connectivity index (χ1) is 7.76. The molecule has 3 N–H and O–H groups in total. The monoisotopic (exact) mass is 239 g/mol. The van der Waals surface area contributed by atoms with E-state index in [0.29, 0.717) is 0 Å². The van der Waals surface area contributed by atoms with Gasteiger partial charge in [0.15, 0.2) is 0 Å². The van der Waals surface area contributed by atoms with E-state index in [-0.39, 0.29) is 11.9 Å². The van der Waals surface area contributed by atoms with E-state index in [9.17, 15) is 4.79 Å². The van der Waals surface area contributed by atoms with Crippen LogP contribution in [0.5, 0.6) is 0 Å². The van der Waals surface area contributed by atoms with Gasteiger partial charge in [0.1, 0.15) is 0 Å². The molecule has 1 atom stereocenters. The van der Waals surface area contributed by atoms with Crippen LogP contribution in [-0.2, 0) is 17.8 Å².